The number of carbonyl (C=O) groups excluding carboxylic acids is 2. The van der Waals surface area contributed by atoms with E-state index >= 15 is 0 Å². The minimum atomic E-state index is -0.347. The lowest BCUT2D eigenvalue weighted by atomic mass is 9.97. The molecule has 0 aliphatic carbocycles. The Hall–Kier alpha value is -4.04. The van der Waals surface area contributed by atoms with E-state index in [0.717, 1.165) is 34.7 Å². The van der Waals surface area contributed by atoms with E-state index in [-0.39, 0.29) is 30.2 Å². The monoisotopic (exact) mass is 529 g/mol. The first-order chi connectivity index (χ1) is 18.5. The van der Waals surface area contributed by atoms with Gasteiger partial charge >= 0.3 is 0 Å². The van der Waals surface area contributed by atoms with Crippen LogP contribution in [-0.4, -0.2) is 41.4 Å². The van der Waals surface area contributed by atoms with Crippen LogP contribution in [0.15, 0.2) is 78.2 Å². The molecule has 2 amide bonds. The van der Waals surface area contributed by atoms with Gasteiger partial charge in [0.25, 0.3) is 11.8 Å². The second kappa shape index (κ2) is 11.6. The second-order valence-corrected chi connectivity index (χ2v) is 10.2. The van der Waals surface area contributed by atoms with E-state index in [9.17, 15) is 14.0 Å². The highest BCUT2D eigenvalue weighted by atomic mass is 32.1. The molecule has 8 heteroatoms. The molecular formula is C30H28FN3O3S. The summed E-state index contributed by atoms with van der Waals surface area (Å²) in [5.74, 6) is -0.0225. The topological polar surface area (TPSA) is 71.5 Å². The molecule has 1 fully saturated rings. The first-order valence-corrected chi connectivity index (χ1v) is 13.4. The Morgan fingerprint density at radius 3 is 2.47 bits per heavy atom. The van der Waals surface area contributed by atoms with Crippen molar-refractivity contribution < 1.29 is 18.7 Å². The molecule has 2 heterocycles. The summed E-state index contributed by atoms with van der Waals surface area (Å²) in [5.41, 5.74) is 4.31. The lowest BCUT2D eigenvalue weighted by Gasteiger charge is -2.31. The van der Waals surface area contributed by atoms with E-state index in [2.05, 4.69) is 22.4 Å². The Kier molecular flexibility index (Phi) is 7.79. The van der Waals surface area contributed by atoms with Crippen molar-refractivity contribution in [2.75, 3.05) is 25.0 Å². The van der Waals surface area contributed by atoms with Crippen LogP contribution in [0.4, 0.5) is 10.1 Å². The third kappa shape index (κ3) is 6.08. The maximum Gasteiger partial charge on any atom is 0.275 e. The maximum atomic E-state index is 13.0. The number of aromatic nitrogens is 1. The molecule has 1 N–H and O–H groups in total. The summed E-state index contributed by atoms with van der Waals surface area (Å²) in [6.45, 7) is 3.16. The number of halogens is 1. The fourth-order valence-corrected chi connectivity index (χ4v) is 5.46. The van der Waals surface area contributed by atoms with E-state index < -0.39 is 0 Å². The number of hydrogen-bond donors (Lipinski definition) is 1. The van der Waals surface area contributed by atoms with E-state index in [4.69, 9.17) is 4.74 Å². The average Bonchev–Trinajstić information content (AvgIpc) is 3.44. The van der Waals surface area contributed by atoms with Gasteiger partial charge in [-0.05, 0) is 55.7 Å². The summed E-state index contributed by atoms with van der Waals surface area (Å²) >= 11 is 1.48. The van der Waals surface area contributed by atoms with Gasteiger partial charge in [-0.25, -0.2) is 9.37 Å². The Morgan fingerprint density at radius 1 is 1.03 bits per heavy atom. The van der Waals surface area contributed by atoms with E-state index in [1.54, 1.807) is 10.3 Å². The van der Waals surface area contributed by atoms with Crippen molar-refractivity contribution in [1.82, 2.24) is 9.88 Å². The standard InChI is InChI=1S/C30H28FN3O3S/c1-20-6-8-21(9-7-20)25-4-2-3-5-26(25)32-29(36)27-19-38-30(33-27)22-14-16-34(17-15-22)28(35)18-37-24-12-10-23(31)11-13-24/h2-13,19,22H,14-18H2,1H3,(H,32,36). The molecule has 38 heavy (non-hydrogen) atoms. The number of carbonyl (C=O) groups is 2. The number of rotatable bonds is 7. The number of anilines is 1. The molecular weight excluding hydrogens is 501 g/mol. The molecule has 194 valence electrons. The molecule has 5 rings (SSSR count). The maximum absolute atomic E-state index is 13.0. The van der Waals surface area contributed by atoms with E-state index in [1.165, 1.54) is 41.2 Å². The van der Waals surface area contributed by atoms with Gasteiger partial charge in [0, 0.05) is 35.6 Å². The number of amides is 2. The van der Waals surface area contributed by atoms with Crippen LogP contribution in [0.5, 0.6) is 5.75 Å². The van der Waals surface area contributed by atoms with Crippen molar-refractivity contribution in [2.24, 2.45) is 0 Å². The number of nitrogens with one attached hydrogen (secondary N) is 1. The van der Waals surface area contributed by atoms with Gasteiger partial charge in [0.1, 0.15) is 17.3 Å². The smallest absolute Gasteiger partial charge is 0.275 e. The first-order valence-electron chi connectivity index (χ1n) is 12.6. The molecule has 0 atom stereocenters. The number of ether oxygens (including phenoxy) is 1. The quantitative estimate of drug-likeness (QED) is 0.305. The summed E-state index contributed by atoms with van der Waals surface area (Å²) in [5, 5.41) is 5.74. The van der Waals surface area contributed by atoms with Gasteiger partial charge in [-0.3, -0.25) is 9.59 Å². The first kappa shape index (κ1) is 25.6. The van der Waals surface area contributed by atoms with Crippen LogP contribution in [0.3, 0.4) is 0 Å². The van der Waals surface area contributed by atoms with Crippen molar-refractivity contribution >= 4 is 28.8 Å². The predicted octanol–water partition coefficient (Wildman–Crippen LogP) is 6.29. The fraction of sp³-hybridized carbons (Fsp3) is 0.233. The zero-order valence-electron chi connectivity index (χ0n) is 21.0. The number of aryl methyl sites for hydroxylation is 1. The van der Waals surface area contributed by atoms with Crippen molar-refractivity contribution in [2.45, 2.75) is 25.7 Å². The van der Waals surface area contributed by atoms with Gasteiger partial charge in [-0.15, -0.1) is 11.3 Å². The predicted molar refractivity (Wildman–Crippen MR) is 147 cm³/mol. The van der Waals surface area contributed by atoms with Gasteiger partial charge in [0.15, 0.2) is 6.61 Å². The molecule has 1 aromatic heterocycles. The fourth-order valence-electron chi connectivity index (χ4n) is 4.49. The highest BCUT2D eigenvalue weighted by Gasteiger charge is 2.26. The van der Waals surface area contributed by atoms with Gasteiger partial charge in [0.05, 0.1) is 5.01 Å². The molecule has 0 unspecified atom stereocenters. The van der Waals surface area contributed by atoms with Crippen LogP contribution in [0.25, 0.3) is 11.1 Å². The normalized spacial score (nSPS) is 13.8. The van der Waals surface area contributed by atoms with Gasteiger partial charge in [-0.2, -0.15) is 0 Å². The number of nitrogens with zero attached hydrogens (tertiary/aromatic N) is 2. The van der Waals surface area contributed by atoms with Gasteiger partial charge in [-0.1, -0.05) is 48.0 Å². The summed E-state index contributed by atoms with van der Waals surface area (Å²) in [4.78, 5) is 32.0. The largest absolute Gasteiger partial charge is 0.484 e. The van der Waals surface area contributed by atoms with Crippen LogP contribution < -0.4 is 10.1 Å². The van der Waals surface area contributed by atoms with Gasteiger partial charge in [0.2, 0.25) is 0 Å². The minimum absolute atomic E-state index is 0.0814. The van der Waals surface area contributed by atoms with Crippen molar-refractivity contribution in [3.05, 3.63) is 100 Å². The van der Waals surface area contributed by atoms with Crippen LogP contribution in [0.2, 0.25) is 0 Å². The SMILES string of the molecule is Cc1ccc(-c2ccccc2NC(=O)c2csc(C3CCN(C(=O)COc4ccc(F)cc4)CC3)n2)cc1. The third-order valence-corrected chi connectivity index (χ3v) is 7.67. The average molecular weight is 530 g/mol. The Labute approximate surface area is 225 Å². The summed E-state index contributed by atoms with van der Waals surface area (Å²) < 4.78 is 18.5. The Bertz CT molecular complexity index is 1410. The molecule has 0 bridgehead atoms. The van der Waals surface area contributed by atoms with Crippen LogP contribution in [-0.2, 0) is 4.79 Å². The zero-order chi connectivity index (χ0) is 26.5. The minimum Gasteiger partial charge on any atom is -0.484 e. The number of piperidine rings is 1. The van der Waals surface area contributed by atoms with Crippen LogP contribution >= 0.6 is 11.3 Å². The van der Waals surface area contributed by atoms with Crippen molar-refractivity contribution in [3.63, 3.8) is 0 Å². The number of hydrogen-bond acceptors (Lipinski definition) is 5. The third-order valence-electron chi connectivity index (χ3n) is 6.67. The molecule has 4 aromatic rings. The second-order valence-electron chi connectivity index (χ2n) is 9.33. The van der Waals surface area contributed by atoms with Crippen molar-refractivity contribution in [3.8, 4) is 16.9 Å². The highest BCUT2D eigenvalue weighted by molar-refractivity contribution is 7.10. The molecule has 1 aliphatic rings. The van der Waals surface area contributed by atoms with E-state index in [0.29, 0.717) is 24.5 Å². The molecule has 1 aliphatic heterocycles. The number of benzene rings is 3. The molecule has 1 saturated heterocycles. The molecule has 3 aromatic carbocycles. The van der Waals surface area contributed by atoms with Gasteiger partial charge < -0.3 is 15.0 Å². The summed E-state index contributed by atoms with van der Waals surface area (Å²) in [7, 11) is 0. The Morgan fingerprint density at radius 2 is 1.74 bits per heavy atom. The number of thiazole rings is 1. The lowest BCUT2D eigenvalue weighted by molar-refractivity contribution is -0.134. The van der Waals surface area contributed by atoms with E-state index in [1.807, 2.05) is 43.3 Å². The molecule has 0 saturated carbocycles. The molecule has 6 nitrogen and oxygen atoms in total. The molecule has 0 spiro atoms. The highest BCUT2D eigenvalue weighted by Crippen LogP contribution is 2.32. The molecule has 0 radical (unpaired) electrons. The Balaban J connectivity index is 1.16. The zero-order valence-corrected chi connectivity index (χ0v) is 21.8. The summed E-state index contributed by atoms with van der Waals surface area (Å²) in [6, 6.07) is 21.6. The van der Waals surface area contributed by atoms with Crippen LogP contribution in [0.1, 0.15) is 39.8 Å². The van der Waals surface area contributed by atoms with Crippen LogP contribution in [0, 0.1) is 12.7 Å². The summed E-state index contributed by atoms with van der Waals surface area (Å²) in [6.07, 6.45) is 1.54. The number of para-hydroxylation sites is 1. The lowest BCUT2D eigenvalue weighted by Crippen LogP contribution is -2.40. The van der Waals surface area contributed by atoms with Crippen molar-refractivity contribution in [1.29, 1.82) is 0 Å². The number of likely N-dealkylation sites (tertiary alicyclic amines) is 1.